The first-order valence-electron chi connectivity index (χ1n) is 11.5. The molecule has 3 rings (SSSR count). The van der Waals surface area contributed by atoms with Gasteiger partial charge in [-0.25, -0.2) is 9.82 Å². The van der Waals surface area contributed by atoms with Crippen LogP contribution in [0.2, 0.25) is 0 Å². The number of anilines is 1. The first-order valence-corrected chi connectivity index (χ1v) is 11.5. The third kappa shape index (κ3) is 8.18. The second-order valence-electron chi connectivity index (χ2n) is 7.77. The SMILES string of the molecule is COc1ccc(C(=O)NCC(=O)N/N=C/c2ccc(OCC(=O)Nc3ccccc3F)c(OC)c2)cc1OC. The molecule has 3 N–H and O–H groups in total. The van der Waals surface area contributed by atoms with Crippen molar-refractivity contribution in [3.63, 3.8) is 0 Å². The average molecular weight is 539 g/mol. The lowest BCUT2D eigenvalue weighted by Gasteiger charge is -2.11. The second-order valence-corrected chi connectivity index (χ2v) is 7.77. The number of ether oxygens (including phenoxy) is 4. The maximum absolute atomic E-state index is 13.7. The largest absolute Gasteiger partial charge is 0.493 e. The van der Waals surface area contributed by atoms with Gasteiger partial charge in [0.1, 0.15) is 5.82 Å². The monoisotopic (exact) mass is 538 g/mol. The summed E-state index contributed by atoms with van der Waals surface area (Å²) in [5.74, 6) is -0.676. The van der Waals surface area contributed by atoms with Gasteiger partial charge in [0, 0.05) is 5.56 Å². The minimum Gasteiger partial charge on any atom is -0.493 e. The molecule has 0 saturated carbocycles. The normalized spacial score (nSPS) is 10.5. The Morgan fingerprint density at radius 3 is 2.26 bits per heavy atom. The highest BCUT2D eigenvalue weighted by Crippen LogP contribution is 2.28. The Labute approximate surface area is 223 Å². The third-order valence-electron chi connectivity index (χ3n) is 5.15. The fraction of sp³-hybridized carbons (Fsp3) is 0.185. The van der Waals surface area contributed by atoms with Crippen LogP contribution < -0.4 is 35.0 Å². The topological polar surface area (TPSA) is 137 Å². The minimum absolute atomic E-state index is 0.0483. The van der Waals surface area contributed by atoms with Gasteiger partial charge < -0.3 is 29.6 Å². The molecule has 0 aliphatic carbocycles. The van der Waals surface area contributed by atoms with Crippen LogP contribution in [0.4, 0.5) is 10.1 Å². The highest BCUT2D eigenvalue weighted by molar-refractivity contribution is 5.97. The molecule has 0 radical (unpaired) electrons. The molecule has 3 amide bonds. The lowest BCUT2D eigenvalue weighted by molar-refractivity contribution is -0.120. The van der Waals surface area contributed by atoms with Crippen LogP contribution in [0.5, 0.6) is 23.0 Å². The van der Waals surface area contributed by atoms with E-state index in [1.807, 2.05) is 0 Å². The van der Waals surface area contributed by atoms with Crippen molar-refractivity contribution in [2.24, 2.45) is 5.10 Å². The summed E-state index contributed by atoms with van der Waals surface area (Å²) in [6, 6.07) is 15.2. The third-order valence-corrected chi connectivity index (χ3v) is 5.15. The number of nitrogens with zero attached hydrogens (tertiary/aromatic N) is 1. The van der Waals surface area contributed by atoms with Gasteiger partial charge >= 0.3 is 0 Å². The van der Waals surface area contributed by atoms with Crippen molar-refractivity contribution < 1.29 is 37.7 Å². The van der Waals surface area contributed by atoms with Crippen LogP contribution in [0.25, 0.3) is 0 Å². The van der Waals surface area contributed by atoms with E-state index in [9.17, 15) is 18.8 Å². The Balaban J connectivity index is 1.49. The standard InChI is InChI=1S/C27H27FN4O7/c1-36-21-11-9-18(13-24(21)38-3)27(35)29-15-25(33)32-30-14-17-8-10-22(23(12-17)37-2)39-16-26(34)31-20-7-5-4-6-19(20)28/h4-14H,15-16H2,1-3H3,(H,29,35)(H,31,34)(H,32,33)/b30-14+. The fourth-order valence-corrected chi connectivity index (χ4v) is 3.23. The van der Waals surface area contributed by atoms with Gasteiger partial charge in [-0.1, -0.05) is 12.1 Å². The molecule has 0 bridgehead atoms. The summed E-state index contributed by atoms with van der Waals surface area (Å²) in [5.41, 5.74) is 3.22. The molecule has 0 aliphatic heterocycles. The van der Waals surface area contributed by atoms with Crippen molar-refractivity contribution in [2.45, 2.75) is 0 Å². The van der Waals surface area contributed by atoms with Crippen LogP contribution >= 0.6 is 0 Å². The summed E-state index contributed by atoms with van der Waals surface area (Å²) >= 11 is 0. The predicted octanol–water partition coefficient (Wildman–Crippen LogP) is 2.75. The van der Waals surface area contributed by atoms with Crippen molar-refractivity contribution in [1.29, 1.82) is 0 Å². The number of carbonyl (C=O) groups is 3. The summed E-state index contributed by atoms with van der Waals surface area (Å²) < 4.78 is 34.8. The van der Waals surface area contributed by atoms with Crippen molar-refractivity contribution >= 4 is 29.6 Å². The first-order chi connectivity index (χ1) is 18.8. The van der Waals surface area contributed by atoms with Gasteiger partial charge in [0.25, 0.3) is 17.7 Å². The van der Waals surface area contributed by atoms with Gasteiger partial charge in [0.2, 0.25) is 0 Å². The molecule has 0 atom stereocenters. The number of hydrogen-bond acceptors (Lipinski definition) is 8. The van der Waals surface area contributed by atoms with Gasteiger partial charge in [-0.15, -0.1) is 0 Å². The molecule has 204 valence electrons. The van der Waals surface area contributed by atoms with E-state index in [-0.39, 0.29) is 24.6 Å². The van der Waals surface area contributed by atoms with E-state index in [0.29, 0.717) is 28.4 Å². The molecule has 3 aromatic carbocycles. The molecule has 11 nitrogen and oxygen atoms in total. The van der Waals surface area contributed by atoms with Crippen LogP contribution in [-0.4, -0.2) is 58.4 Å². The molecule has 0 aromatic heterocycles. The average Bonchev–Trinajstić information content (AvgIpc) is 2.95. The van der Waals surface area contributed by atoms with E-state index < -0.39 is 23.5 Å². The lowest BCUT2D eigenvalue weighted by atomic mass is 10.2. The van der Waals surface area contributed by atoms with Crippen LogP contribution in [0, 0.1) is 5.82 Å². The van der Waals surface area contributed by atoms with E-state index in [1.165, 1.54) is 51.8 Å². The van der Waals surface area contributed by atoms with Crippen LogP contribution in [0.3, 0.4) is 0 Å². The number of amides is 3. The zero-order valence-corrected chi connectivity index (χ0v) is 21.4. The molecule has 12 heteroatoms. The molecule has 0 heterocycles. The Kier molecular flexibility index (Phi) is 10.2. The van der Waals surface area contributed by atoms with Crippen LogP contribution in [0.1, 0.15) is 15.9 Å². The fourth-order valence-electron chi connectivity index (χ4n) is 3.23. The van der Waals surface area contributed by atoms with Crippen molar-refractivity contribution in [3.8, 4) is 23.0 Å². The molecule has 0 saturated heterocycles. The zero-order valence-electron chi connectivity index (χ0n) is 21.4. The van der Waals surface area contributed by atoms with Crippen LogP contribution in [-0.2, 0) is 9.59 Å². The Bertz CT molecular complexity index is 1360. The number of nitrogens with one attached hydrogen (secondary N) is 3. The molecule has 3 aromatic rings. The Morgan fingerprint density at radius 1 is 0.846 bits per heavy atom. The summed E-state index contributed by atoms with van der Waals surface area (Å²) in [4.78, 5) is 36.5. The molecule has 39 heavy (non-hydrogen) atoms. The predicted molar refractivity (Wildman–Crippen MR) is 141 cm³/mol. The van der Waals surface area contributed by atoms with Gasteiger partial charge in [-0.2, -0.15) is 5.10 Å². The molecular weight excluding hydrogens is 511 g/mol. The zero-order chi connectivity index (χ0) is 28.2. The van der Waals surface area contributed by atoms with E-state index >= 15 is 0 Å². The number of carbonyl (C=O) groups excluding carboxylic acids is 3. The van der Waals surface area contributed by atoms with Crippen LogP contribution in [0.15, 0.2) is 65.8 Å². The maximum atomic E-state index is 13.7. The second kappa shape index (κ2) is 14.0. The smallest absolute Gasteiger partial charge is 0.262 e. The van der Waals surface area contributed by atoms with E-state index in [1.54, 1.807) is 36.4 Å². The van der Waals surface area contributed by atoms with E-state index in [0.717, 1.165) is 0 Å². The molecule has 0 aliphatic rings. The summed E-state index contributed by atoms with van der Waals surface area (Å²) in [5, 5.41) is 8.79. The molecule has 0 unspecified atom stereocenters. The van der Waals surface area contributed by atoms with Gasteiger partial charge in [0.15, 0.2) is 29.6 Å². The molecule has 0 spiro atoms. The highest BCUT2D eigenvalue weighted by Gasteiger charge is 2.13. The Hall–Kier alpha value is -5.13. The first kappa shape index (κ1) is 28.4. The number of para-hydroxylation sites is 1. The number of methoxy groups -OCH3 is 3. The van der Waals surface area contributed by atoms with Crippen molar-refractivity contribution in [1.82, 2.24) is 10.7 Å². The minimum atomic E-state index is -0.556. The van der Waals surface area contributed by atoms with Gasteiger partial charge in [-0.3, -0.25) is 14.4 Å². The summed E-state index contributed by atoms with van der Waals surface area (Å²) in [7, 11) is 4.36. The summed E-state index contributed by atoms with van der Waals surface area (Å²) in [6.07, 6.45) is 1.37. The van der Waals surface area contributed by atoms with Crippen molar-refractivity contribution in [3.05, 3.63) is 77.6 Å². The lowest BCUT2D eigenvalue weighted by Crippen LogP contribution is -2.34. The quantitative estimate of drug-likeness (QED) is 0.238. The highest BCUT2D eigenvalue weighted by atomic mass is 19.1. The Morgan fingerprint density at radius 2 is 1.54 bits per heavy atom. The molecular formula is C27H27FN4O7. The van der Waals surface area contributed by atoms with Gasteiger partial charge in [-0.05, 0) is 54.1 Å². The van der Waals surface area contributed by atoms with Gasteiger partial charge in [0.05, 0.1) is 39.8 Å². The molecule has 0 fully saturated rings. The number of hydrogen-bond donors (Lipinski definition) is 3. The number of rotatable bonds is 12. The number of halogens is 1. The summed E-state index contributed by atoms with van der Waals surface area (Å²) in [6.45, 7) is -0.682. The van der Waals surface area contributed by atoms with Crippen molar-refractivity contribution in [2.75, 3.05) is 39.8 Å². The van der Waals surface area contributed by atoms with E-state index in [4.69, 9.17) is 18.9 Å². The number of hydrazone groups is 1. The van der Waals surface area contributed by atoms with E-state index in [2.05, 4.69) is 21.2 Å². The number of benzene rings is 3. The maximum Gasteiger partial charge on any atom is 0.262 e.